The first-order valence-corrected chi connectivity index (χ1v) is 5.61. The smallest absolute Gasteiger partial charge is 0.00279 e. The number of benzene rings is 2. The van der Waals surface area contributed by atoms with Gasteiger partial charge in [0.1, 0.15) is 0 Å². The molecule has 0 saturated carbocycles. The third-order valence-electron chi connectivity index (χ3n) is 3.20. The molecule has 0 aliphatic heterocycles. The third-order valence-corrected chi connectivity index (χ3v) is 3.20. The number of fused-ring (bicyclic) bond motifs is 2. The highest BCUT2D eigenvalue weighted by Gasteiger charge is 2.06. The van der Waals surface area contributed by atoms with Crippen molar-refractivity contribution in [1.29, 1.82) is 0 Å². The average molecular weight is 216 g/mol. The maximum Gasteiger partial charge on any atom is -0.00279 e. The molecule has 2 aromatic rings. The Morgan fingerprint density at radius 2 is 1.53 bits per heavy atom. The lowest BCUT2D eigenvalue weighted by atomic mass is 9.96. The van der Waals surface area contributed by atoms with E-state index in [1.54, 1.807) is 0 Å². The second kappa shape index (κ2) is 3.62. The number of rotatable bonds is 0. The van der Waals surface area contributed by atoms with Gasteiger partial charge in [-0.15, -0.1) is 5.73 Å². The van der Waals surface area contributed by atoms with Crippen molar-refractivity contribution in [3.05, 3.63) is 63.7 Å². The summed E-state index contributed by atoms with van der Waals surface area (Å²) in [5, 5.41) is 4.46. The minimum atomic E-state index is 1.05. The molecule has 1 aliphatic rings. The van der Waals surface area contributed by atoms with Crippen molar-refractivity contribution in [2.75, 3.05) is 0 Å². The molecule has 0 spiro atoms. The van der Waals surface area contributed by atoms with E-state index >= 15 is 0 Å². The maximum atomic E-state index is 4.20. The first-order chi connectivity index (χ1) is 8.29. The van der Waals surface area contributed by atoms with E-state index < -0.39 is 0 Å². The Morgan fingerprint density at radius 3 is 2.24 bits per heavy atom. The van der Waals surface area contributed by atoms with Gasteiger partial charge in [0.2, 0.25) is 0 Å². The van der Waals surface area contributed by atoms with E-state index in [1.165, 1.54) is 10.8 Å². The van der Waals surface area contributed by atoms with E-state index in [0.29, 0.717) is 0 Å². The summed E-state index contributed by atoms with van der Waals surface area (Å²) in [6.45, 7) is 8.40. The SMILES string of the molecule is C=c1c2c(c(=C)c3ccccc13)C=CC=C=C2. The molecule has 0 amide bonds. The molecule has 0 atom stereocenters. The molecule has 0 unspecified atom stereocenters. The summed E-state index contributed by atoms with van der Waals surface area (Å²) in [6, 6.07) is 8.27. The summed E-state index contributed by atoms with van der Waals surface area (Å²) in [7, 11) is 0. The molecular weight excluding hydrogens is 204 g/mol. The van der Waals surface area contributed by atoms with Gasteiger partial charge in [0.05, 0.1) is 0 Å². The number of allylic oxidation sites excluding steroid dienone is 2. The fourth-order valence-corrected chi connectivity index (χ4v) is 2.31. The van der Waals surface area contributed by atoms with Crippen molar-refractivity contribution in [3.63, 3.8) is 0 Å². The van der Waals surface area contributed by atoms with Crippen molar-refractivity contribution in [3.8, 4) is 0 Å². The quantitative estimate of drug-likeness (QED) is 0.594. The van der Waals surface area contributed by atoms with Crippen LogP contribution < -0.4 is 10.4 Å². The molecule has 0 radical (unpaired) electrons. The predicted octanol–water partition coefficient (Wildman–Crippen LogP) is 2.86. The average Bonchev–Trinajstić information content (AvgIpc) is 2.62. The fourth-order valence-electron chi connectivity index (χ4n) is 2.31. The van der Waals surface area contributed by atoms with E-state index in [0.717, 1.165) is 21.6 Å². The molecule has 1 aliphatic carbocycles. The summed E-state index contributed by atoms with van der Waals surface area (Å²) in [5.74, 6) is 0. The van der Waals surface area contributed by atoms with Gasteiger partial charge in [0, 0.05) is 0 Å². The van der Waals surface area contributed by atoms with E-state index in [4.69, 9.17) is 0 Å². The lowest BCUT2D eigenvalue weighted by molar-refractivity contribution is 1.56. The van der Waals surface area contributed by atoms with Crippen molar-refractivity contribution in [2.45, 2.75) is 0 Å². The van der Waals surface area contributed by atoms with E-state index in [1.807, 2.05) is 30.4 Å². The Labute approximate surface area is 100 Å². The molecule has 2 aromatic carbocycles. The van der Waals surface area contributed by atoms with E-state index in [-0.39, 0.29) is 0 Å². The van der Waals surface area contributed by atoms with Crippen LogP contribution in [0.15, 0.2) is 42.1 Å². The van der Waals surface area contributed by atoms with Gasteiger partial charge in [-0.2, -0.15) is 0 Å². The minimum absolute atomic E-state index is 1.05. The van der Waals surface area contributed by atoms with Crippen molar-refractivity contribution < 1.29 is 0 Å². The molecule has 0 heteroatoms. The molecule has 17 heavy (non-hydrogen) atoms. The minimum Gasteiger partial charge on any atom is -0.120 e. The summed E-state index contributed by atoms with van der Waals surface area (Å²) in [5.41, 5.74) is 5.40. The van der Waals surface area contributed by atoms with Crippen LogP contribution in [-0.4, -0.2) is 0 Å². The summed E-state index contributed by atoms with van der Waals surface area (Å²) >= 11 is 0. The van der Waals surface area contributed by atoms with Crippen LogP contribution in [0.25, 0.3) is 36.1 Å². The Balaban J connectivity index is 2.65. The zero-order valence-electron chi connectivity index (χ0n) is 9.53. The Kier molecular flexibility index (Phi) is 2.11. The highest BCUT2D eigenvalue weighted by molar-refractivity contribution is 5.90. The van der Waals surface area contributed by atoms with Gasteiger partial charge in [-0.1, -0.05) is 49.6 Å². The highest BCUT2D eigenvalue weighted by atomic mass is 14.1. The Morgan fingerprint density at radius 1 is 0.882 bits per heavy atom. The number of hydrogen-bond donors (Lipinski definition) is 0. The lowest BCUT2D eigenvalue weighted by Gasteiger charge is -2.07. The normalized spacial score (nSPS) is 12.7. The molecule has 0 nitrogen and oxygen atoms in total. The molecule has 0 heterocycles. The van der Waals surface area contributed by atoms with Crippen LogP contribution in [0.5, 0.6) is 0 Å². The number of hydrogen-bond acceptors (Lipinski definition) is 0. The van der Waals surface area contributed by atoms with Crippen LogP contribution in [0.2, 0.25) is 0 Å². The van der Waals surface area contributed by atoms with Crippen molar-refractivity contribution in [1.82, 2.24) is 0 Å². The van der Waals surface area contributed by atoms with Crippen molar-refractivity contribution in [2.24, 2.45) is 0 Å². The Bertz CT molecular complexity index is 798. The second-order valence-electron chi connectivity index (χ2n) is 4.17. The van der Waals surface area contributed by atoms with E-state index in [2.05, 4.69) is 37.1 Å². The molecule has 3 rings (SSSR count). The molecule has 80 valence electrons. The zero-order chi connectivity index (χ0) is 11.8. The molecule has 0 saturated heterocycles. The van der Waals surface area contributed by atoms with Crippen LogP contribution in [0.1, 0.15) is 11.1 Å². The topological polar surface area (TPSA) is 0 Å². The fraction of sp³-hybridized carbons (Fsp3) is 0. The molecular formula is C17H12. The molecule has 0 fully saturated rings. The van der Waals surface area contributed by atoms with Gasteiger partial charge in [0.15, 0.2) is 0 Å². The first-order valence-electron chi connectivity index (χ1n) is 5.61. The van der Waals surface area contributed by atoms with Crippen LogP contribution >= 0.6 is 0 Å². The van der Waals surface area contributed by atoms with Gasteiger partial charge >= 0.3 is 0 Å². The monoisotopic (exact) mass is 216 g/mol. The summed E-state index contributed by atoms with van der Waals surface area (Å²) in [6.07, 6.45) is 7.96. The van der Waals surface area contributed by atoms with Gasteiger partial charge in [-0.05, 0) is 44.5 Å². The highest BCUT2D eigenvalue weighted by Crippen LogP contribution is 2.13. The van der Waals surface area contributed by atoms with Gasteiger partial charge in [0.25, 0.3) is 0 Å². The van der Waals surface area contributed by atoms with Gasteiger partial charge in [-0.25, -0.2) is 0 Å². The molecule has 0 bridgehead atoms. The third kappa shape index (κ3) is 1.39. The first kappa shape index (κ1) is 9.89. The molecule has 0 aromatic heterocycles. The molecule has 0 N–H and O–H groups in total. The van der Waals surface area contributed by atoms with Crippen LogP contribution in [-0.2, 0) is 0 Å². The largest absolute Gasteiger partial charge is 0.120 e. The van der Waals surface area contributed by atoms with Crippen LogP contribution in [0.3, 0.4) is 0 Å². The lowest BCUT2D eigenvalue weighted by Crippen LogP contribution is -2.17. The van der Waals surface area contributed by atoms with E-state index in [9.17, 15) is 0 Å². The summed E-state index contributed by atoms with van der Waals surface area (Å²) < 4.78 is 0. The predicted molar refractivity (Wildman–Crippen MR) is 75.8 cm³/mol. The van der Waals surface area contributed by atoms with Crippen LogP contribution in [0, 0.1) is 0 Å². The van der Waals surface area contributed by atoms with Gasteiger partial charge in [-0.3, -0.25) is 0 Å². The zero-order valence-corrected chi connectivity index (χ0v) is 9.53. The van der Waals surface area contributed by atoms with Crippen molar-refractivity contribution >= 4 is 36.1 Å². The second-order valence-corrected chi connectivity index (χ2v) is 4.17. The van der Waals surface area contributed by atoms with Gasteiger partial charge < -0.3 is 0 Å². The Hall–Kier alpha value is -2.30. The van der Waals surface area contributed by atoms with Crippen LogP contribution in [0.4, 0.5) is 0 Å². The standard InChI is InChI=1S/C17H12/c1-12-14-8-4-3-5-9-15(14)13(2)17-11-7-6-10-16(12)17/h3-4,6-11H,1-2H2. The maximum absolute atomic E-state index is 4.20. The summed E-state index contributed by atoms with van der Waals surface area (Å²) in [4.78, 5) is 0.